The Morgan fingerprint density at radius 1 is 1.21 bits per heavy atom. The number of hydrogen-bond acceptors (Lipinski definition) is 5. The van der Waals surface area contributed by atoms with Crippen molar-refractivity contribution in [2.24, 2.45) is 11.8 Å². The van der Waals surface area contributed by atoms with E-state index in [1.165, 1.54) is 25.7 Å². The van der Waals surface area contributed by atoms with Gasteiger partial charge in [0.25, 0.3) is 0 Å². The molecule has 29 heavy (non-hydrogen) atoms. The fourth-order valence-electron chi connectivity index (χ4n) is 5.98. The first-order valence-electron chi connectivity index (χ1n) is 12.0. The quantitative estimate of drug-likeness (QED) is 0.325. The number of hydrogen-bond donors (Lipinski definition) is 5. The van der Waals surface area contributed by atoms with Gasteiger partial charge in [-0.2, -0.15) is 5.48 Å². The van der Waals surface area contributed by atoms with Crippen LogP contribution in [0, 0.1) is 11.8 Å². The van der Waals surface area contributed by atoms with E-state index in [1.54, 1.807) is 12.0 Å². The van der Waals surface area contributed by atoms with E-state index in [2.05, 4.69) is 21.4 Å². The zero-order chi connectivity index (χ0) is 20.1. The molecule has 4 aliphatic rings. The normalized spacial score (nSPS) is 43.7. The largest absolute Gasteiger partial charge is 0.383 e. The van der Waals surface area contributed by atoms with Gasteiger partial charge in [-0.1, -0.05) is 12.8 Å². The fourth-order valence-corrected chi connectivity index (χ4v) is 5.98. The Labute approximate surface area is 174 Å². The van der Waals surface area contributed by atoms with Gasteiger partial charge in [0.05, 0.1) is 32.4 Å². The summed E-state index contributed by atoms with van der Waals surface area (Å²) >= 11 is 0. The molecule has 7 nitrogen and oxygen atoms in total. The molecule has 0 aromatic rings. The Bertz CT molecular complexity index is 502. The maximum atomic E-state index is 14.4. The summed E-state index contributed by atoms with van der Waals surface area (Å²) < 4.78 is 19.5. The number of nitrogens with two attached hydrogens (primary N) is 1. The summed E-state index contributed by atoms with van der Waals surface area (Å²) in [5.74, 6) is 0.806. The Morgan fingerprint density at radius 2 is 2.10 bits per heavy atom. The second kappa shape index (κ2) is 10.8. The van der Waals surface area contributed by atoms with E-state index in [1.807, 2.05) is 0 Å². The second-order valence-electron chi connectivity index (χ2n) is 9.58. The van der Waals surface area contributed by atoms with Crippen molar-refractivity contribution in [2.75, 3.05) is 39.9 Å². The highest BCUT2D eigenvalue weighted by Gasteiger charge is 2.44. The van der Waals surface area contributed by atoms with E-state index >= 15 is 0 Å². The molecule has 8 atom stereocenters. The number of hydroxylamine groups is 1. The van der Waals surface area contributed by atoms with Crippen molar-refractivity contribution in [1.82, 2.24) is 16.1 Å². The molecule has 8 heteroatoms. The van der Waals surface area contributed by atoms with Crippen LogP contribution in [-0.2, 0) is 9.57 Å². The number of ether oxygens (including phenoxy) is 1. The minimum Gasteiger partial charge on any atom is -0.383 e. The van der Waals surface area contributed by atoms with Gasteiger partial charge in [0.15, 0.2) is 6.23 Å². The molecule has 0 bridgehead atoms. The lowest BCUT2D eigenvalue weighted by Crippen LogP contribution is -3.16. The lowest BCUT2D eigenvalue weighted by molar-refractivity contribution is -0.920. The molecule has 3 heterocycles. The minimum absolute atomic E-state index is 0.0463. The van der Waals surface area contributed by atoms with Crippen LogP contribution in [0.1, 0.15) is 51.4 Å². The summed E-state index contributed by atoms with van der Waals surface area (Å²) in [7, 11) is 1.75. The van der Waals surface area contributed by atoms with E-state index in [0.717, 1.165) is 58.5 Å². The number of likely N-dealkylation sites (tertiary alicyclic amines) is 1. The number of quaternary nitrogens is 2. The van der Waals surface area contributed by atoms with Crippen LogP contribution in [0.25, 0.3) is 0 Å². The molecule has 0 aromatic heterocycles. The van der Waals surface area contributed by atoms with Crippen molar-refractivity contribution in [3.8, 4) is 0 Å². The highest BCUT2D eigenvalue weighted by molar-refractivity contribution is 4.85. The molecule has 168 valence electrons. The Balaban J connectivity index is 1.26. The van der Waals surface area contributed by atoms with Crippen LogP contribution < -0.4 is 26.3 Å². The van der Waals surface area contributed by atoms with Crippen LogP contribution in [0.4, 0.5) is 4.39 Å². The van der Waals surface area contributed by atoms with Crippen molar-refractivity contribution in [3.63, 3.8) is 0 Å². The van der Waals surface area contributed by atoms with E-state index in [9.17, 15) is 4.39 Å². The summed E-state index contributed by atoms with van der Waals surface area (Å²) in [5.41, 5.74) is 3.31. The molecule has 4 rings (SSSR count). The molecule has 1 aliphatic carbocycles. The molecular formula is C21H42FN5O2+2. The first kappa shape index (κ1) is 21.9. The van der Waals surface area contributed by atoms with Gasteiger partial charge in [-0.05, 0) is 12.8 Å². The van der Waals surface area contributed by atoms with Crippen LogP contribution in [0.3, 0.4) is 0 Å². The first-order valence-corrected chi connectivity index (χ1v) is 12.0. The topological polar surface area (TPSA) is 75.6 Å². The third-order valence-electron chi connectivity index (χ3n) is 7.64. The molecule has 1 saturated carbocycles. The highest BCUT2D eigenvalue weighted by atomic mass is 19.1. The lowest BCUT2D eigenvalue weighted by Gasteiger charge is -2.33. The number of alkyl halides is 1. The van der Waals surface area contributed by atoms with Gasteiger partial charge >= 0.3 is 0 Å². The van der Waals surface area contributed by atoms with Crippen molar-refractivity contribution in [3.05, 3.63) is 0 Å². The van der Waals surface area contributed by atoms with E-state index in [4.69, 9.17) is 9.57 Å². The summed E-state index contributed by atoms with van der Waals surface area (Å²) in [6.45, 7) is 4.92. The van der Waals surface area contributed by atoms with E-state index < -0.39 is 6.17 Å². The summed E-state index contributed by atoms with van der Waals surface area (Å²) in [6, 6.07) is 0.437. The van der Waals surface area contributed by atoms with Gasteiger partial charge in [-0.25, -0.2) is 4.39 Å². The maximum absolute atomic E-state index is 14.4. The smallest absolute Gasteiger partial charge is 0.183 e. The van der Waals surface area contributed by atoms with Gasteiger partial charge in [0.1, 0.15) is 18.4 Å². The molecule has 6 N–H and O–H groups in total. The van der Waals surface area contributed by atoms with Crippen molar-refractivity contribution < 1.29 is 24.2 Å². The summed E-state index contributed by atoms with van der Waals surface area (Å²) in [5, 5.41) is 9.74. The molecule has 3 aliphatic heterocycles. The predicted octanol–water partition coefficient (Wildman–Crippen LogP) is -1.13. The number of rotatable bonds is 8. The van der Waals surface area contributed by atoms with E-state index in [-0.39, 0.29) is 18.3 Å². The number of halogens is 1. The maximum Gasteiger partial charge on any atom is 0.183 e. The summed E-state index contributed by atoms with van der Waals surface area (Å²) in [6.07, 6.45) is 8.91. The first-order chi connectivity index (χ1) is 14.2. The molecular weight excluding hydrogens is 373 g/mol. The van der Waals surface area contributed by atoms with Gasteiger partial charge in [0.2, 0.25) is 0 Å². The van der Waals surface area contributed by atoms with Crippen LogP contribution in [0.5, 0.6) is 0 Å². The molecule has 0 spiro atoms. The Morgan fingerprint density at radius 3 is 2.97 bits per heavy atom. The molecule has 0 radical (unpaired) electrons. The zero-order valence-electron chi connectivity index (χ0n) is 18.0. The molecule has 0 amide bonds. The standard InChI is InChI=1S/C21H40FN5O2/c1-28-12-10-24-19-13-15(8-9-23-19)20-25-21(29-26-20)18-7-4-11-27(18)14-16-5-2-3-6-17(16)22/h15-21,23-26H,2-14H2,1H3/p+2/t15?,16?,17?,18-,19?,20?,21?/m1/s1. The Kier molecular flexibility index (Phi) is 8.14. The molecule has 3 saturated heterocycles. The number of piperidine rings is 1. The van der Waals surface area contributed by atoms with Gasteiger partial charge in [0, 0.05) is 51.2 Å². The van der Waals surface area contributed by atoms with Crippen LogP contribution in [0.15, 0.2) is 0 Å². The number of methoxy groups -OCH3 is 1. The van der Waals surface area contributed by atoms with Crippen molar-refractivity contribution in [2.45, 2.75) is 82.1 Å². The zero-order valence-corrected chi connectivity index (χ0v) is 18.0. The molecule has 4 fully saturated rings. The van der Waals surface area contributed by atoms with Crippen molar-refractivity contribution in [1.29, 1.82) is 0 Å². The monoisotopic (exact) mass is 415 g/mol. The van der Waals surface area contributed by atoms with Crippen molar-refractivity contribution >= 4 is 0 Å². The third-order valence-corrected chi connectivity index (χ3v) is 7.64. The molecule has 0 aromatic carbocycles. The van der Waals surface area contributed by atoms with Crippen LogP contribution in [0.2, 0.25) is 0 Å². The van der Waals surface area contributed by atoms with Gasteiger partial charge < -0.3 is 15.0 Å². The van der Waals surface area contributed by atoms with Gasteiger partial charge in [-0.3, -0.25) is 15.5 Å². The Hall–Kier alpha value is -0.350. The lowest BCUT2D eigenvalue weighted by atomic mass is 9.87. The van der Waals surface area contributed by atoms with Crippen LogP contribution >= 0.6 is 0 Å². The van der Waals surface area contributed by atoms with E-state index in [0.29, 0.717) is 18.1 Å². The predicted molar refractivity (Wildman–Crippen MR) is 109 cm³/mol. The second-order valence-corrected chi connectivity index (χ2v) is 9.58. The average molecular weight is 416 g/mol. The van der Waals surface area contributed by atoms with Crippen LogP contribution in [-0.4, -0.2) is 70.7 Å². The minimum atomic E-state index is -0.596. The average Bonchev–Trinajstić information content (AvgIpc) is 3.40. The highest BCUT2D eigenvalue weighted by Crippen LogP contribution is 2.26. The van der Waals surface area contributed by atoms with Gasteiger partial charge in [-0.15, -0.1) is 0 Å². The fraction of sp³-hybridized carbons (Fsp3) is 1.00. The number of nitrogens with one attached hydrogen (secondary N) is 4. The SMILES string of the molecule is COCCNC1CC(C2NOC([C@H]3CCC[NH+]3CC3CCCCC3F)N2)CC[NH2+]1. The summed E-state index contributed by atoms with van der Waals surface area (Å²) in [4.78, 5) is 7.61. The molecule has 7 unspecified atom stereocenters. The third kappa shape index (κ3) is 5.67.